The van der Waals surface area contributed by atoms with Gasteiger partial charge in [0, 0.05) is 26.2 Å². The van der Waals surface area contributed by atoms with Crippen LogP contribution in [0.4, 0.5) is 0 Å². The molecule has 0 saturated heterocycles. The van der Waals surface area contributed by atoms with Crippen LogP contribution in [0.15, 0.2) is 18.2 Å². The lowest BCUT2D eigenvalue weighted by atomic mass is 10.1. The molecular weight excluding hydrogens is 240 g/mol. The summed E-state index contributed by atoms with van der Waals surface area (Å²) in [6, 6.07) is 8.62. The van der Waals surface area contributed by atoms with Gasteiger partial charge in [-0.2, -0.15) is 5.26 Å². The molecule has 1 aromatic rings. The van der Waals surface area contributed by atoms with E-state index < -0.39 is 0 Å². The Morgan fingerprint density at radius 2 is 2.16 bits per heavy atom. The van der Waals surface area contributed by atoms with Crippen LogP contribution in [0, 0.1) is 11.3 Å². The predicted molar refractivity (Wildman–Crippen MR) is 73.0 cm³/mol. The molecule has 102 valence electrons. The maximum atomic E-state index is 8.98. The summed E-state index contributed by atoms with van der Waals surface area (Å²) in [7, 11) is 3.33. The van der Waals surface area contributed by atoms with Crippen LogP contribution < -0.4 is 4.74 Å². The Morgan fingerprint density at radius 1 is 1.37 bits per heavy atom. The monoisotopic (exact) mass is 260 g/mol. The maximum absolute atomic E-state index is 8.98. The molecule has 2 rings (SSSR count). The summed E-state index contributed by atoms with van der Waals surface area (Å²) in [6.07, 6.45) is 2.55. The van der Waals surface area contributed by atoms with E-state index in [-0.39, 0.29) is 0 Å². The summed E-state index contributed by atoms with van der Waals surface area (Å²) >= 11 is 0. The molecule has 0 radical (unpaired) electrons. The van der Waals surface area contributed by atoms with Crippen molar-refractivity contribution in [3.63, 3.8) is 0 Å². The lowest BCUT2D eigenvalue weighted by Crippen LogP contribution is -2.29. The molecule has 19 heavy (non-hydrogen) atoms. The minimum absolute atomic E-state index is 0.584. The highest BCUT2D eigenvalue weighted by Gasteiger charge is 2.28. The van der Waals surface area contributed by atoms with Gasteiger partial charge in [0.15, 0.2) is 0 Å². The van der Waals surface area contributed by atoms with Gasteiger partial charge in [0.25, 0.3) is 0 Å². The van der Waals surface area contributed by atoms with Crippen molar-refractivity contribution in [2.45, 2.75) is 25.4 Å². The lowest BCUT2D eigenvalue weighted by Gasteiger charge is -2.22. The van der Waals surface area contributed by atoms with Crippen LogP contribution in [0.3, 0.4) is 0 Å². The SMILES string of the molecule is COCCN(Cc1ccc(C#N)c(OC)c1)C1CC1. The molecule has 1 fully saturated rings. The molecule has 1 aliphatic carbocycles. The summed E-state index contributed by atoms with van der Waals surface area (Å²) in [5.74, 6) is 0.655. The average Bonchev–Trinajstić information content (AvgIpc) is 3.27. The molecule has 1 aliphatic rings. The zero-order valence-corrected chi connectivity index (χ0v) is 11.6. The van der Waals surface area contributed by atoms with Crippen LogP contribution in [0.1, 0.15) is 24.0 Å². The van der Waals surface area contributed by atoms with Crippen molar-refractivity contribution < 1.29 is 9.47 Å². The van der Waals surface area contributed by atoms with Gasteiger partial charge in [-0.25, -0.2) is 0 Å². The molecule has 4 nitrogen and oxygen atoms in total. The first kappa shape index (κ1) is 13.9. The minimum Gasteiger partial charge on any atom is -0.495 e. The molecule has 4 heteroatoms. The Morgan fingerprint density at radius 3 is 2.74 bits per heavy atom. The number of ether oxygens (including phenoxy) is 2. The number of hydrogen-bond acceptors (Lipinski definition) is 4. The standard InChI is InChI=1S/C15H20N2O2/c1-18-8-7-17(14-5-6-14)11-12-3-4-13(10-16)15(9-12)19-2/h3-4,9,14H,5-8,11H2,1-2H3. The lowest BCUT2D eigenvalue weighted by molar-refractivity contribution is 0.139. The van der Waals surface area contributed by atoms with E-state index >= 15 is 0 Å². The number of methoxy groups -OCH3 is 2. The van der Waals surface area contributed by atoms with Gasteiger partial charge in [-0.3, -0.25) is 4.90 Å². The zero-order chi connectivity index (χ0) is 13.7. The third kappa shape index (κ3) is 3.69. The first-order valence-electron chi connectivity index (χ1n) is 6.58. The Hall–Kier alpha value is -1.57. The molecule has 0 aromatic heterocycles. The van der Waals surface area contributed by atoms with Crippen LogP contribution >= 0.6 is 0 Å². The summed E-state index contributed by atoms with van der Waals surface area (Å²) in [5, 5.41) is 8.98. The van der Waals surface area contributed by atoms with Gasteiger partial charge in [-0.15, -0.1) is 0 Å². The van der Waals surface area contributed by atoms with Crippen molar-refractivity contribution in [3.05, 3.63) is 29.3 Å². The van der Waals surface area contributed by atoms with Crippen LogP contribution in [0.5, 0.6) is 5.75 Å². The second kappa shape index (κ2) is 6.55. The van der Waals surface area contributed by atoms with Gasteiger partial charge in [-0.1, -0.05) is 6.07 Å². The van der Waals surface area contributed by atoms with Crippen molar-refractivity contribution in [3.8, 4) is 11.8 Å². The van der Waals surface area contributed by atoms with Crippen LogP contribution in [-0.4, -0.2) is 38.3 Å². The van der Waals surface area contributed by atoms with Crippen molar-refractivity contribution in [2.24, 2.45) is 0 Å². The molecule has 1 aromatic carbocycles. The second-order valence-corrected chi connectivity index (χ2v) is 4.84. The number of rotatable bonds is 7. The van der Waals surface area contributed by atoms with Crippen LogP contribution in [-0.2, 0) is 11.3 Å². The number of nitriles is 1. The first-order chi connectivity index (χ1) is 9.28. The molecule has 0 amide bonds. The van der Waals surface area contributed by atoms with E-state index in [2.05, 4.69) is 11.0 Å². The largest absolute Gasteiger partial charge is 0.495 e. The fourth-order valence-corrected chi connectivity index (χ4v) is 2.20. The van der Waals surface area contributed by atoms with Crippen molar-refractivity contribution in [1.82, 2.24) is 4.90 Å². The Bertz CT molecular complexity index is 464. The van der Waals surface area contributed by atoms with Gasteiger partial charge in [-0.05, 0) is 30.5 Å². The van der Waals surface area contributed by atoms with Crippen LogP contribution in [0.25, 0.3) is 0 Å². The van der Waals surface area contributed by atoms with E-state index in [9.17, 15) is 0 Å². The van der Waals surface area contributed by atoms with E-state index in [1.54, 1.807) is 14.2 Å². The Labute approximate surface area is 114 Å². The predicted octanol–water partition coefficient (Wildman–Crippen LogP) is 2.18. The van der Waals surface area contributed by atoms with E-state index in [1.165, 1.54) is 18.4 Å². The summed E-state index contributed by atoms with van der Waals surface area (Å²) in [4.78, 5) is 2.43. The molecule has 0 aliphatic heterocycles. The molecule has 0 spiro atoms. The van der Waals surface area contributed by atoms with Crippen molar-refractivity contribution in [1.29, 1.82) is 5.26 Å². The number of benzene rings is 1. The third-order valence-electron chi connectivity index (χ3n) is 3.42. The quantitative estimate of drug-likeness (QED) is 0.754. The number of hydrogen-bond donors (Lipinski definition) is 0. The smallest absolute Gasteiger partial charge is 0.136 e. The molecule has 0 atom stereocenters. The van der Waals surface area contributed by atoms with Gasteiger partial charge in [0.2, 0.25) is 0 Å². The zero-order valence-electron chi connectivity index (χ0n) is 11.6. The molecule has 0 heterocycles. The molecule has 1 saturated carbocycles. The highest BCUT2D eigenvalue weighted by atomic mass is 16.5. The summed E-state index contributed by atoms with van der Waals surface area (Å²) in [5.41, 5.74) is 1.76. The van der Waals surface area contributed by atoms with Crippen molar-refractivity contribution >= 4 is 0 Å². The maximum Gasteiger partial charge on any atom is 0.136 e. The average molecular weight is 260 g/mol. The van der Waals surface area contributed by atoms with E-state index in [4.69, 9.17) is 14.7 Å². The van der Waals surface area contributed by atoms with Gasteiger partial charge in [0.05, 0.1) is 19.3 Å². The van der Waals surface area contributed by atoms with Crippen LogP contribution in [0.2, 0.25) is 0 Å². The summed E-state index contributed by atoms with van der Waals surface area (Å²) < 4.78 is 10.4. The third-order valence-corrected chi connectivity index (χ3v) is 3.42. The molecular formula is C15H20N2O2. The minimum atomic E-state index is 0.584. The first-order valence-corrected chi connectivity index (χ1v) is 6.58. The molecule has 0 N–H and O–H groups in total. The van der Waals surface area contributed by atoms with Gasteiger partial charge >= 0.3 is 0 Å². The fraction of sp³-hybridized carbons (Fsp3) is 0.533. The molecule has 0 unspecified atom stereocenters. The molecule has 0 bridgehead atoms. The highest BCUT2D eigenvalue weighted by Crippen LogP contribution is 2.29. The number of nitrogens with zero attached hydrogens (tertiary/aromatic N) is 2. The van der Waals surface area contributed by atoms with Gasteiger partial charge in [0.1, 0.15) is 11.8 Å². The Balaban J connectivity index is 2.06. The van der Waals surface area contributed by atoms with E-state index in [1.807, 2.05) is 18.2 Å². The van der Waals surface area contributed by atoms with Gasteiger partial charge < -0.3 is 9.47 Å². The van der Waals surface area contributed by atoms with E-state index in [0.717, 1.165) is 19.7 Å². The Kier molecular flexibility index (Phi) is 4.78. The highest BCUT2D eigenvalue weighted by molar-refractivity contribution is 5.45. The topological polar surface area (TPSA) is 45.5 Å². The van der Waals surface area contributed by atoms with E-state index in [0.29, 0.717) is 17.4 Å². The van der Waals surface area contributed by atoms with Crippen molar-refractivity contribution in [2.75, 3.05) is 27.4 Å². The summed E-state index contributed by atoms with van der Waals surface area (Å²) in [6.45, 7) is 2.59. The second-order valence-electron chi connectivity index (χ2n) is 4.84. The normalized spacial score (nSPS) is 14.4. The fourth-order valence-electron chi connectivity index (χ4n) is 2.20.